The maximum absolute atomic E-state index is 6.49. The number of fused-ring (bicyclic) bond motifs is 5. The van der Waals surface area contributed by atoms with Gasteiger partial charge in [-0.25, -0.2) is 0 Å². The quantitative estimate of drug-likeness (QED) is 0.218. The Labute approximate surface area is 243 Å². The first-order valence-electron chi connectivity index (χ1n) is 14.1. The Hall–Kier alpha value is -5.67. The lowest BCUT2D eigenvalue weighted by atomic mass is 10.00. The molecule has 0 N–H and O–H groups in total. The van der Waals surface area contributed by atoms with Crippen LogP contribution in [-0.2, 0) is 0 Å². The summed E-state index contributed by atoms with van der Waals surface area (Å²) in [5, 5.41) is 4.30. The second-order valence-corrected chi connectivity index (χ2v) is 10.5. The van der Waals surface area contributed by atoms with Crippen molar-refractivity contribution < 1.29 is 4.42 Å². The highest BCUT2D eigenvalue weighted by Crippen LogP contribution is 2.43. The molecule has 8 aromatic rings. The molecule has 0 bridgehead atoms. The second kappa shape index (κ2) is 10.1. The van der Waals surface area contributed by atoms with Gasteiger partial charge < -0.3 is 9.32 Å². The van der Waals surface area contributed by atoms with Crippen LogP contribution in [0.3, 0.4) is 0 Å². The first-order valence-corrected chi connectivity index (χ1v) is 14.1. The van der Waals surface area contributed by atoms with E-state index < -0.39 is 0 Å². The van der Waals surface area contributed by atoms with Crippen molar-refractivity contribution in [2.45, 2.75) is 0 Å². The number of para-hydroxylation sites is 2. The Morgan fingerprint density at radius 2 is 1.02 bits per heavy atom. The minimum Gasteiger partial charge on any atom is -0.455 e. The largest absolute Gasteiger partial charge is 0.455 e. The van der Waals surface area contributed by atoms with Crippen molar-refractivity contribution in [1.29, 1.82) is 0 Å². The zero-order chi connectivity index (χ0) is 27.9. The summed E-state index contributed by atoms with van der Waals surface area (Å²) in [6.07, 6.45) is 3.86. The van der Waals surface area contributed by atoms with E-state index in [1.54, 1.807) is 0 Å². The van der Waals surface area contributed by atoms with Gasteiger partial charge in [-0.05, 0) is 58.7 Å². The standard InChI is InChI=1S/C39H26N2O/c1-3-9-27(10-4-1)28-15-17-29(18-16-28)30-19-22-33(23-20-30)41(32-11-5-2-6-12-32)36-26-40-25-31-21-24-35-34-13-7-8-14-37(34)42-39(35)38(31)36/h1-26H. The van der Waals surface area contributed by atoms with Crippen molar-refractivity contribution in [2.24, 2.45) is 0 Å². The predicted molar refractivity (Wildman–Crippen MR) is 175 cm³/mol. The number of anilines is 3. The summed E-state index contributed by atoms with van der Waals surface area (Å²) in [7, 11) is 0. The zero-order valence-corrected chi connectivity index (χ0v) is 22.8. The molecule has 0 unspecified atom stereocenters. The Morgan fingerprint density at radius 3 is 1.74 bits per heavy atom. The second-order valence-electron chi connectivity index (χ2n) is 10.5. The van der Waals surface area contributed by atoms with Crippen LogP contribution in [0.4, 0.5) is 17.1 Å². The summed E-state index contributed by atoms with van der Waals surface area (Å²) in [6.45, 7) is 0. The number of benzene rings is 6. The molecule has 0 saturated carbocycles. The molecular formula is C39H26N2O. The van der Waals surface area contributed by atoms with Crippen LogP contribution in [0.2, 0.25) is 0 Å². The monoisotopic (exact) mass is 538 g/mol. The summed E-state index contributed by atoms with van der Waals surface area (Å²) >= 11 is 0. The van der Waals surface area contributed by atoms with Crippen LogP contribution < -0.4 is 4.90 Å². The van der Waals surface area contributed by atoms with Crippen LogP contribution in [0.1, 0.15) is 0 Å². The van der Waals surface area contributed by atoms with Crippen LogP contribution in [0, 0.1) is 0 Å². The highest BCUT2D eigenvalue weighted by atomic mass is 16.3. The zero-order valence-electron chi connectivity index (χ0n) is 22.8. The van der Waals surface area contributed by atoms with Crippen LogP contribution >= 0.6 is 0 Å². The molecule has 2 aromatic heterocycles. The van der Waals surface area contributed by atoms with Crippen molar-refractivity contribution in [3.8, 4) is 22.3 Å². The van der Waals surface area contributed by atoms with Crippen molar-refractivity contribution in [1.82, 2.24) is 4.98 Å². The minimum absolute atomic E-state index is 0.877. The van der Waals surface area contributed by atoms with Gasteiger partial charge in [0, 0.05) is 33.7 Å². The van der Waals surface area contributed by atoms with E-state index >= 15 is 0 Å². The number of hydrogen-bond acceptors (Lipinski definition) is 3. The van der Waals surface area contributed by atoms with Crippen LogP contribution in [0.5, 0.6) is 0 Å². The Bertz CT molecular complexity index is 2170. The third kappa shape index (κ3) is 4.11. The molecule has 3 heteroatoms. The van der Waals surface area contributed by atoms with Gasteiger partial charge in [-0.15, -0.1) is 0 Å². The van der Waals surface area contributed by atoms with E-state index in [9.17, 15) is 0 Å². The predicted octanol–water partition coefficient (Wildman–Crippen LogP) is 10.9. The number of hydrogen-bond donors (Lipinski definition) is 0. The van der Waals surface area contributed by atoms with E-state index in [1.165, 1.54) is 22.3 Å². The van der Waals surface area contributed by atoms with E-state index in [0.29, 0.717) is 0 Å². The highest BCUT2D eigenvalue weighted by Gasteiger charge is 2.20. The van der Waals surface area contributed by atoms with Crippen molar-refractivity contribution in [2.75, 3.05) is 4.90 Å². The molecule has 0 atom stereocenters. The highest BCUT2D eigenvalue weighted by molar-refractivity contribution is 6.19. The van der Waals surface area contributed by atoms with Crippen LogP contribution in [0.15, 0.2) is 162 Å². The molecule has 3 nitrogen and oxygen atoms in total. The molecule has 0 saturated heterocycles. The van der Waals surface area contributed by atoms with Crippen LogP contribution in [0.25, 0.3) is 55.0 Å². The van der Waals surface area contributed by atoms with E-state index in [2.05, 4.69) is 131 Å². The van der Waals surface area contributed by atoms with E-state index in [0.717, 1.165) is 49.8 Å². The topological polar surface area (TPSA) is 29.3 Å². The van der Waals surface area contributed by atoms with Gasteiger partial charge in [0.05, 0.1) is 17.3 Å². The van der Waals surface area contributed by atoms with Gasteiger partial charge in [-0.1, -0.05) is 109 Å². The Balaban J connectivity index is 1.25. The van der Waals surface area contributed by atoms with E-state index in [4.69, 9.17) is 4.42 Å². The fourth-order valence-corrected chi connectivity index (χ4v) is 5.89. The SMILES string of the molecule is c1ccc(-c2ccc(-c3ccc(N(c4ccccc4)c4cncc5ccc6c7ccccc7oc6c45)cc3)cc2)cc1. The van der Waals surface area contributed by atoms with Crippen molar-refractivity contribution in [3.63, 3.8) is 0 Å². The lowest BCUT2D eigenvalue weighted by molar-refractivity contribution is 0.672. The maximum atomic E-state index is 6.49. The molecule has 2 heterocycles. The van der Waals surface area contributed by atoms with E-state index in [-0.39, 0.29) is 0 Å². The number of rotatable bonds is 5. The summed E-state index contributed by atoms with van der Waals surface area (Å²) in [6, 6.07) is 51.0. The fraction of sp³-hybridized carbons (Fsp3) is 0. The van der Waals surface area contributed by atoms with Gasteiger partial charge in [-0.3, -0.25) is 4.98 Å². The molecule has 198 valence electrons. The van der Waals surface area contributed by atoms with Gasteiger partial charge in [-0.2, -0.15) is 0 Å². The third-order valence-corrected chi connectivity index (χ3v) is 7.95. The molecule has 0 amide bonds. The van der Waals surface area contributed by atoms with Gasteiger partial charge in [0.1, 0.15) is 11.2 Å². The Morgan fingerprint density at radius 1 is 0.452 bits per heavy atom. The number of furan rings is 1. The molecule has 42 heavy (non-hydrogen) atoms. The number of nitrogens with zero attached hydrogens (tertiary/aromatic N) is 2. The molecule has 0 radical (unpaired) electrons. The molecule has 0 fully saturated rings. The summed E-state index contributed by atoms with van der Waals surface area (Å²) in [5.74, 6) is 0. The third-order valence-electron chi connectivity index (χ3n) is 7.95. The van der Waals surface area contributed by atoms with Gasteiger partial charge >= 0.3 is 0 Å². The number of pyridine rings is 1. The Kier molecular flexibility index (Phi) is 5.79. The molecule has 0 aliphatic heterocycles. The molecule has 8 rings (SSSR count). The van der Waals surface area contributed by atoms with Gasteiger partial charge in [0.2, 0.25) is 0 Å². The number of aromatic nitrogens is 1. The molecular weight excluding hydrogens is 512 g/mol. The summed E-state index contributed by atoms with van der Waals surface area (Å²) in [5.41, 5.74) is 9.63. The normalized spacial score (nSPS) is 11.3. The van der Waals surface area contributed by atoms with Crippen molar-refractivity contribution >= 4 is 49.8 Å². The smallest absolute Gasteiger partial charge is 0.145 e. The summed E-state index contributed by atoms with van der Waals surface area (Å²) in [4.78, 5) is 6.93. The molecule has 0 aliphatic carbocycles. The average molecular weight is 539 g/mol. The van der Waals surface area contributed by atoms with E-state index in [1.807, 2.05) is 36.7 Å². The first kappa shape index (κ1) is 24.2. The fourth-order valence-electron chi connectivity index (χ4n) is 5.89. The first-order chi connectivity index (χ1) is 20.8. The van der Waals surface area contributed by atoms with Crippen LogP contribution in [-0.4, -0.2) is 4.98 Å². The summed E-state index contributed by atoms with van der Waals surface area (Å²) < 4.78 is 6.49. The minimum atomic E-state index is 0.877. The molecule has 0 spiro atoms. The average Bonchev–Trinajstić information content (AvgIpc) is 3.45. The lowest BCUT2D eigenvalue weighted by Crippen LogP contribution is -2.10. The molecule has 6 aromatic carbocycles. The molecule has 0 aliphatic rings. The lowest BCUT2D eigenvalue weighted by Gasteiger charge is -2.26. The van der Waals surface area contributed by atoms with Crippen molar-refractivity contribution in [3.05, 3.63) is 158 Å². The maximum Gasteiger partial charge on any atom is 0.145 e. The van der Waals surface area contributed by atoms with Gasteiger partial charge in [0.15, 0.2) is 0 Å². The van der Waals surface area contributed by atoms with Gasteiger partial charge in [0.25, 0.3) is 0 Å².